The highest BCUT2D eigenvalue weighted by Crippen LogP contribution is 2.37. The molecule has 4 nitrogen and oxygen atoms in total. The van der Waals surface area contributed by atoms with Crippen LogP contribution in [0.1, 0.15) is 40.7 Å². The number of nitrogens with one attached hydrogen (secondary N) is 2. The summed E-state index contributed by atoms with van der Waals surface area (Å²) in [6.07, 6.45) is 5.69. The number of carbonyl (C=O) groups is 1. The van der Waals surface area contributed by atoms with Crippen LogP contribution < -0.4 is 10.6 Å². The Morgan fingerprint density at radius 2 is 1.74 bits per heavy atom. The first-order chi connectivity index (χ1) is 11.3. The van der Waals surface area contributed by atoms with Crippen LogP contribution in [0, 0.1) is 5.41 Å². The monoisotopic (exact) mass is 313 g/mol. The van der Waals surface area contributed by atoms with Crippen molar-refractivity contribution in [1.82, 2.24) is 15.5 Å². The van der Waals surface area contributed by atoms with Crippen molar-refractivity contribution in [3.8, 4) is 0 Å². The number of fused-ring (bicyclic) bond motifs is 1. The van der Waals surface area contributed by atoms with E-state index in [-0.39, 0.29) is 5.91 Å². The third-order valence-electron chi connectivity index (χ3n) is 6.04. The summed E-state index contributed by atoms with van der Waals surface area (Å²) in [6.45, 7) is 6.18. The predicted octanol–water partition coefficient (Wildman–Crippen LogP) is 1.59. The third-order valence-corrected chi connectivity index (χ3v) is 6.04. The van der Waals surface area contributed by atoms with Crippen molar-refractivity contribution >= 4 is 5.91 Å². The number of rotatable bonds is 1. The van der Waals surface area contributed by atoms with E-state index in [9.17, 15) is 4.79 Å². The van der Waals surface area contributed by atoms with Crippen molar-refractivity contribution in [2.75, 3.05) is 39.3 Å². The Morgan fingerprint density at radius 1 is 0.957 bits per heavy atom. The van der Waals surface area contributed by atoms with Crippen molar-refractivity contribution < 1.29 is 4.79 Å². The average Bonchev–Trinajstić information content (AvgIpc) is 2.90. The zero-order valence-electron chi connectivity index (χ0n) is 13.9. The number of likely N-dealkylation sites (tertiary alicyclic amines) is 1. The molecule has 0 radical (unpaired) electrons. The van der Waals surface area contributed by atoms with Crippen LogP contribution in [0.4, 0.5) is 0 Å². The summed E-state index contributed by atoms with van der Waals surface area (Å²) in [6, 6.07) is 6.35. The lowest BCUT2D eigenvalue weighted by Gasteiger charge is -2.39. The van der Waals surface area contributed by atoms with Crippen LogP contribution in [0.15, 0.2) is 18.2 Å². The molecule has 23 heavy (non-hydrogen) atoms. The van der Waals surface area contributed by atoms with Gasteiger partial charge in [0.1, 0.15) is 0 Å². The first kappa shape index (κ1) is 15.2. The van der Waals surface area contributed by atoms with Crippen molar-refractivity contribution in [3.05, 3.63) is 34.9 Å². The Bertz CT molecular complexity index is 582. The summed E-state index contributed by atoms with van der Waals surface area (Å²) in [5.74, 6) is 0.228. The molecule has 0 bridgehead atoms. The fourth-order valence-corrected chi connectivity index (χ4v) is 4.40. The molecule has 3 aliphatic rings. The quantitative estimate of drug-likeness (QED) is 0.827. The van der Waals surface area contributed by atoms with Crippen molar-refractivity contribution in [2.45, 2.75) is 32.1 Å². The number of hydrogen-bond acceptors (Lipinski definition) is 3. The predicted molar refractivity (Wildman–Crippen MR) is 91.8 cm³/mol. The van der Waals surface area contributed by atoms with Gasteiger partial charge in [-0.15, -0.1) is 0 Å². The molecule has 0 atom stereocenters. The summed E-state index contributed by atoms with van der Waals surface area (Å²) in [5, 5.41) is 6.92. The van der Waals surface area contributed by atoms with Gasteiger partial charge in [-0.05, 0) is 80.4 Å². The van der Waals surface area contributed by atoms with E-state index in [0.717, 1.165) is 70.5 Å². The van der Waals surface area contributed by atoms with Crippen LogP contribution in [-0.4, -0.2) is 50.1 Å². The lowest BCUT2D eigenvalue weighted by atomic mass is 9.78. The van der Waals surface area contributed by atoms with Gasteiger partial charge in [0.05, 0.1) is 0 Å². The Kier molecular flexibility index (Phi) is 4.12. The van der Waals surface area contributed by atoms with Crippen LogP contribution in [0.2, 0.25) is 0 Å². The zero-order chi connectivity index (χ0) is 15.7. The van der Waals surface area contributed by atoms with Gasteiger partial charge in [-0.25, -0.2) is 0 Å². The van der Waals surface area contributed by atoms with E-state index in [1.54, 1.807) is 0 Å². The molecule has 3 aliphatic heterocycles. The topological polar surface area (TPSA) is 44.4 Å². The lowest BCUT2D eigenvalue weighted by molar-refractivity contribution is 0.0607. The van der Waals surface area contributed by atoms with E-state index in [0.29, 0.717) is 5.41 Å². The molecule has 2 N–H and O–H groups in total. The van der Waals surface area contributed by atoms with Gasteiger partial charge in [0.2, 0.25) is 0 Å². The number of amides is 1. The van der Waals surface area contributed by atoms with Gasteiger partial charge in [0, 0.05) is 25.2 Å². The Balaban J connectivity index is 1.46. The molecule has 0 aromatic heterocycles. The maximum absolute atomic E-state index is 12.9. The van der Waals surface area contributed by atoms with E-state index in [4.69, 9.17) is 0 Å². The Morgan fingerprint density at radius 3 is 2.48 bits per heavy atom. The highest BCUT2D eigenvalue weighted by Gasteiger charge is 2.38. The molecule has 0 saturated carbocycles. The maximum Gasteiger partial charge on any atom is 0.253 e. The molecule has 1 amide bonds. The summed E-state index contributed by atoms with van der Waals surface area (Å²) in [5.41, 5.74) is 4.11. The summed E-state index contributed by atoms with van der Waals surface area (Å²) in [7, 11) is 0. The molecular weight excluding hydrogens is 286 g/mol. The van der Waals surface area contributed by atoms with Gasteiger partial charge in [0.25, 0.3) is 5.91 Å². The average molecular weight is 313 g/mol. The summed E-state index contributed by atoms with van der Waals surface area (Å²) >= 11 is 0. The molecule has 124 valence electrons. The highest BCUT2D eigenvalue weighted by molar-refractivity contribution is 5.94. The second-order valence-corrected chi connectivity index (χ2v) is 7.45. The van der Waals surface area contributed by atoms with Crippen LogP contribution in [0.3, 0.4) is 0 Å². The second-order valence-electron chi connectivity index (χ2n) is 7.45. The molecule has 0 unspecified atom stereocenters. The fraction of sp³-hybridized carbons (Fsp3) is 0.632. The van der Waals surface area contributed by atoms with Gasteiger partial charge < -0.3 is 15.5 Å². The molecule has 1 aromatic carbocycles. The number of hydrogen-bond donors (Lipinski definition) is 2. The SMILES string of the molecule is O=C(c1ccc2c(c1)CCNCC2)N1CCC2(CCNC2)CC1. The fourth-order valence-electron chi connectivity index (χ4n) is 4.40. The van der Waals surface area contributed by atoms with Crippen molar-refractivity contribution in [1.29, 1.82) is 0 Å². The van der Waals surface area contributed by atoms with Crippen molar-refractivity contribution in [2.24, 2.45) is 5.41 Å². The van der Waals surface area contributed by atoms with E-state index in [2.05, 4.69) is 27.7 Å². The first-order valence-corrected chi connectivity index (χ1v) is 9.08. The van der Waals surface area contributed by atoms with Crippen LogP contribution in [0.5, 0.6) is 0 Å². The van der Waals surface area contributed by atoms with E-state index >= 15 is 0 Å². The number of nitrogens with zero attached hydrogens (tertiary/aromatic N) is 1. The minimum Gasteiger partial charge on any atom is -0.339 e. The van der Waals surface area contributed by atoms with Crippen molar-refractivity contribution in [3.63, 3.8) is 0 Å². The van der Waals surface area contributed by atoms with E-state index in [1.807, 2.05) is 6.07 Å². The van der Waals surface area contributed by atoms with E-state index < -0.39 is 0 Å². The van der Waals surface area contributed by atoms with Gasteiger partial charge >= 0.3 is 0 Å². The van der Waals surface area contributed by atoms with Gasteiger partial charge in [0.15, 0.2) is 0 Å². The first-order valence-electron chi connectivity index (χ1n) is 9.08. The van der Waals surface area contributed by atoms with Crippen LogP contribution in [-0.2, 0) is 12.8 Å². The normalized spacial score (nSPS) is 23.6. The highest BCUT2D eigenvalue weighted by atomic mass is 16.2. The minimum absolute atomic E-state index is 0.228. The summed E-state index contributed by atoms with van der Waals surface area (Å²) < 4.78 is 0. The lowest BCUT2D eigenvalue weighted by Crippen LogP contribution is -2.44. The third kappa shape index (κ3) is 3.02. The largest absolute Gasteiger partial charge is 0.339 e. The maximum atomic E-state index is 12.9. The number of piperidine rings is 1. The van der Waals surface area contributed by atoms with Crippen LogP contribution >= 0.6 is 0 Å². The number of carbonyl (C=O) groups excluding carboxylic acids is 1. The molecular formula is C19H27N3O. The zero-order valence-corrected chi connectivity index (χ0v) is 13.9. The molecule has 4 heteroatoms. The standard InChI is InChI=1S/C19H27N3O/c23-18(22-11-6-19(7-12-22)5-10-21-14-19)17-2-1-15-3-8-20-9-4-16(15)13-17/h1-2,13,20-21H,3-12,14H2. The summed E-state index contributed by atoms with van der Waals surface area (Å²) in [4.78, 5) is 14.9. The Labute approximate surface area is 138 Å². The van der Waals surface area contributed by atoms with Crippen LogP contribution in [0.25, 0.3) is 0 Å². The molecule has 1 spiro atoms. The van der Waals surface area contributed by atoms with Gasteiger partial charge in [-0.3, -0.25) is 4.79 Å². The molecule has 2 fully saturated rings. The molecule has 2 saturated heterocycles. The second kappa shape index (κ2) is 6.25. The van der Waals surface area contributed by atoms with E-state index in [1.165, 1.54) is 17.5 Å². The smallest absolute Gasteiger partial charge is 0.253 e. The van der Waals surface area contributed by atoms with Gasteiger partial charge in [-0.1, -0.05) is 6.07 Å². The molecule has 3 heterocycles. The number of benzene rings is 1. The van der Waals surface area contributed by atoms with Gasteiger partial charge in [-0.2, -0.15) is 0 Å². The molecule has 4 rings (SSSR count). The molecule has 0 aliphatic carbocycles. The molecule has 1 aromatic rings. The minimum atomic E-state index is 0.228. The Hall–Kier alpha value is -1.39.